The molecule has 0 spiro atoms. The molecule has 4 rings (SSSR count). The van der Waals surface area contributed by atoms with Gasteiger partial charge in [-0.25, -0.2) is 13.9 Å². The van der Waals surface area contributed by atoms with E-state index in [1.807, 2.05) is 0 Å². The number of halogens is 3. The van der Waals surface area contributed by atoms with Crippen LogP contribution in [0, 0.1) is 0 Å². The van der Waals surface area contributed by atoms with Crippen molar-refractivity contribution in [2.45, 2.75) is 37.4 Å². The molecule has 2 unspecified atom stereocenters. The first kappa shape index (κ1) is 30.1. The van der Waals surface area contributed by atoms with Gasteiger partial charge in [-0.15, -0.1) is 13.2 Å². The second kappa shape index (κ2) is 10.8. The first-order valence-electron chi connectivity index (χ1n) is 10.7. The fraction of sp³-hybridized carbons (Fsp3) is 0.389. The third kappa shape index (κ3) is 6.87. The van der Waals surface area contributed by atoms with Gasteiger partial charge < -0.3 is 38.9 Å². The van der Waals surface area contributed by atoms with Gasteiger partial charge in [0.2, 0.25) is 0 Å². The van der Waals surface area contributed by atoms with Crippen LogP contribution >= 0.6 is 15.6 Å². The summed E-state index contributed by atoms with van der Waals surface area (Å²) >= 11 is 0. The molecule has 0 amide bonds. The van der Waals surface area contributed by atoms with Crippen molar-refractivity contribution in [3.63, 3.8) is 0 Å². The van der Waals surface area contributed by atoms with Gasteiger partial charge in [-0.05, 0) is 12.1 Å². The number of hydrogen-bond acceptors (Lipinski definition) is 12. The number of alkyl halides is 3. The molecule has 1 aliphatic rings. The molecule has 17 nitrogen and oxygen atoms in total. The van der Waals surface area contributed by atoms with Gasteiger partial charge in [0.25, 0.3) is 5.56 Å². The normalized spacial score (nSPS) is 23.4. The van der Waals surface area contributed by atoms with E-state index in [4.69, 9.17) is 19.0 Å². The minimum Gasteiger partial charge on any atom is -0.406 e. The highest BCUT2D eigenvalue weighted by Gasteiger charge is 2.46. The molecule has 0 aliphatic carbocycles. The molecule has 1 fully saturated rings. The van der Waals surface area contributed by atoms with E-state index >= 15 is 0 Å². The summed E-state index contributed by atoms with van der Waals surface area (Å²) in [6.07, 6.45) is -11.0. The van der Waals surface area contributed by atoms with E-state index in [1.165, 1.54) is 0 Å². The standard InChI is InChI=1S/C18H18F3N3O14P2/c19-18(20,21)36-8-1-2-9-10(22-37-11(9)5-8)6-24-13(25)3-4-23(17(24)28)16-15(27)14(26)12(35-16)7-34-40(32,33)38-39(29,30)31/h1-5,12,14-16,26-27H,6-7H2,(H,32,33)(H2,29,30,31)/t12-,14?,15+,16-/m1/s1. The molecule has 0 bridgehead atoms. The second-order valence-electron chi connectivity index (χ2n) is 8.15. The molecule has 2 aromatic heterocycles. The highest BCUT2D eigenvalue weighted by molar-refractivity contribution is 7.60. The Hall–Kier alpha value is -2.90. The zero-order valence-electron chi connectivity index (χ0n) is 19.4. The average Bonchev–Trinajstić information content (AvgIpc) is 3.33. The van der Waals surface area contributed by atoms with Crippen LogP contribution in [0.4, 0.5) is 13.2 Å². The Morgan fingerprint density at radius 1 is 1.07 bits per heavy atom. The molecule has 0 radical (unpaired) electrons. The van der Waals surface area contributed by atoms with Crippen LogP contribution < -0.4 is 16.0 Å². The molecule has 40 heavy (non-hydrogen) atoms. The van der Waals surface area contributed by atoms with Crippen molar-refractivity contribution in [2.24, 2.45) is 0 Å². The van der Waals surface area contributed by atoms with E-state index in [0.717, 1.165) is 30.5 Å². The van der Waals surface area contributed by atoms with Crippen LogP contribution in [0.2, 0.25) is 0 Å². The van der Waals surface area contributed by atoms with Crippen molar-refractivity contribution in [2.75, 3.05) is 6.61 Å². The molecular formula is C18H18F3N3O14P2. The van der Waals surface area contributed by atoms with Crippen LogP contribution in [0.3, 0.4) is 0 Å². The Morgan fingerprint density at radius 3 is 2.42 bits per heavy atom. The molecule has 220 valence electrons. The number of aliphatic hydroxyl groups excluding tert-OH is 2. The summed E-state index contributed by atoms with van der Waals surface area (Å²) in [5.41, 5.74) is -2.15. The SMILES string of the molecule is O=c1ccn([C@@H]2O[C@H](COP(=O)(O)OP(=O)(O)O)C(O)[C@@H]2O)c(=O)n1Cc1noc2cc(OC(F)(F)F)ccc12. The number of benzene rings is 1. The van der Waals surface area contributed by atoms with Gasteiger partial charge in [-0.2, -0.15) is 4.31 Å². The molecule has 1 aromatic carbocycles. The predicted molar refractivity (Wildman–Crippen MR) is 120 cm³/mol. The maximum atomic E-state index is 13.1. The van der Waals surface area contributed by atoms with Gasteiger partial charge in [-0.1, -0.05) is 5.16 Å². The van der Waals surface area contributed by atoms with Crippen LogP contribution in [0.15, 0.2) is 44.6 Å². The topological polar surface area (TPSA) is 242 Å². The van der Waals surface area contributed by atoms with Crippen LogP contribution in [-0.2, 0) is 29.2 Å². The van der Waals surface area contributed by atoms with E-state index in [1.54, 1.807) is 0 Å². The Morgan fingerprint density at radius 2 is 1.77 bits per heavy atom. The molecule has 1 aliphatic heterocycles. The third-order valence-corrected chi connectivity index (χ3v) is 7.53. The number of hydrogen-bond donors (Lipinski definition) is 5. The molecule has 1 saturated heterocycles. The number of phosphoric ester groups is 1. The lowest BCUT2D eigenvalue weighted by molar-refractivity contribution is -0.274. The monoisotopic (exact) mass is 619 g/mol. The summed E-state index contributed by atoms with van der Waals surface area (Å²) < 4.78 is 83.2. The quantitative estimate of drug-likeness (QED) is 0.197. The number of rotatable bonds is 9. The van der Waals surface area contributed by atoms with E-state index in [2.05, 4.69) is 18.7 Å². The number of aliphatic hydroxyl groups is 2. The van der Waals surface area contributed by atoms with Gasteiger partial charge in [-0.3, -0.25) is 18.5 Å². The highest BCUT2D eigenvalue weighted by atomic mass is 31.3. The molecule has 3 aromatic rings. The van der Waals surface area contributed by atoms with Crippen LogP contribution in [0.1, 0.15) is 11.9 Å². The van der Waals surface area contributed by atoms with Crippen molar-refractivity contribution in [1.82, 2.24) is 14.3 Å². The van der Waals surface area contributed by atoms with Gasteiger partial charge in [0.05, 0.1) is 13.2 Å². The van der Waals surface area contributed by atoms with Crippen molar-refractivity contribution in [1.29, 1.82) is 0 Å². The van der Waals surface area contributed by atoms with E-state index in [-0.39, 0.29) is 16.7 Å². The second-order valence-corrected chi connectivity index (χ2v) is 11.0. The average molecular weight is 619 g/mol. The zero-order valence-corrected chi connectivity index (χ0v) is 21.2. The van der Waals surface area contributed by atoms with Crippen LogP contribution in [0.25, 0.3) is 11.0 Å². The summed E-state index contributed by atoms with van der Waals surface area (Å²) in [5.74, 6) is -0.600. The fourth-order valence-electron chi connectivity index (χ4n) is 3.72. The zero-order chi connectivity index (χ0) is 29.6. The summed E-state index contributed by atoms with van der Waals surface area (Å²) in [4.78, 5) is 52.2. The maximum Gasteiger partial charge on any atom is 0.573 e. The van der Waals surface area contributed by atoms with E-state index in [9.17, 15) is 47.0 Å². The van der Waals surface area contributed by atoms with E-state index in [0.29, 0.717) is 9.13 Å². The number of ether oxygens (including phenoxy) is 2. The number of phosphoric acid groups is 2. The Balaban J connectivity index is 1.55. The number of aromatic nitrogens is 3. The molecule has 0 saturated carbocycles. The summed E-state index contributed by atoms with van der Waals surface area (Å²) in [7, 11) is -10.8. The third-order valence-electron chi connectivity index (χ3n) is 5.38. The van der Waals surface area contributed by atoms with Crippen molar-refractivity contribution in [3.8, 4) is 5.75 Å². The minimum atomic E-state index is -5.44. The summed E-state index contributed by atoms with van der Waals surface area (Å²) in [6, 6.07) is 3.91. The smallest absolute Gasteiger partial charge is 0.406 e. The number of fused-ring (bicyclic) bond motifs is 1. The molecule has 5 N–H and O–H groups in total. The Labute approximate surface area is 218 Å². The van der Waals surface area contributed by atoms with Crippen molar-refractivity contribution < 1.29 is 70.0 Å². The minimum absolute atomic E-state index is 0.0338. The Kier molecular flexibility index (Phi) is 8.14. The first-order chi connectivity index (χ1) is 18.4. The highest BCUT2D eigenvalue weighted by Crippen LogP contribution is 2.57. The number of nitrogens with zero attached hydrogens (tertiary/aromatic N) is 3. The lowest BCUT2D eigenvalue weighted by Gasteiger charge is -2.19. The maximum absolute atomic E-state index is 13.1. The summed E-state index contributed by atoms with van der Waals surface area (Å²) in [5, 5.41) is 24.5. The first-order valence-corrected chi connectivity index (χ1v) is 13.7. The van der Waals surface area contributed by atoms with Gasteiger partial charge in [0, 0.05) is 23.7 Å². The van der Waals surface area contributed by atoms with Crippen LogP contribution in [0.5, 0.6) is 5.75 Å². The summed E-state index contributed by atoms with van der Waals surface area (Å²) in [6.45, 7) is -1.57. The lowest BCUT2D eigenvalue weighted by atomic mass is 10.1. The predicted octanol–water partition coefficient (Wildman–Crippen LogP) is -0.0564. The largest absolute Gasteiger partial charge is 0.573 e. The molecule has 22 heteroatoms. The lowest BCUT2D eigenvalue weighted by Crippen LogP contribution is -2.43. The molecule has 5 atom stereocenters. The molecular weight excluding hydrogens is 601 g/mol. The Bertz CT molecular complexity index is 1610. The van der Waals surface area contributed by atoms with Crippen molar-refractivity contribution in [3.05, 3.63) is 57.0 Å². The molecule has 3 heterocycles. The van der Waals surface area contributed by atoms with Crippen molar-refractivity contribution >= 4 is 26.6 Å². The fourth-order valence-corrected chi connectivity index (χ4v) is 5.32. The van der Waals surface area contributed by atoms with Crippen LogP contribution in [-0.4, -0.2) is 70.5 Å². The van der Waals surface area contributed by atoms with Gasteiger partial charge >= 0.3 is 27.7 Å². The van der Waals surface area contributed by atoms with Gasteiger partial charge in [0.1, 0.15) is 29.8 Å². The van der Waals surface area contributed by atoms with Gasteiger partial charge in [0.15, 0.2) is 11.8 Å². The van der Waals surface area contributed by atoms with E-state index < -0.39 is 76.7 Å².